The van der Waals surface area contributed by atoms with Crippen LogP contribution < -0.4 is 5.32 Å². The Labute approximate surface area is 113 Å². The maximum absolute atomic E-state index is 11.8. The third-order valence-corrected chi connectivity index (χ3v) is 4.27. The summed E-state index contributed by atoms with van der Waals surface area (Å²) in [4.78, 5) is 22.5. The average molecular weight is 273 g/mol. The highest BCUT2D eigenvalue weighted by Gasteiger charge is 2.40. The van der Waals surface area contributed by atoms with Crippen molar-refractivity contribution in [3.63, 3.8) is 0 Å². The molecule has 0 aromatic carbocycles. The zero-order chi connectivity index (χ0) is 13.6. The van der Waals surface area contributed by atoms with Crippen LogP contribution >= 0.6 is 11.8 Å². The lowest BCUT2D eigenvalue weighted by atomic mass is 9.74. The van der Waals surface area contributed by atoms with Gasteiger partial charge in [-0.3, -0.25) is 9.59 Å². The number of aliphatic carboxylic acids is 1. The van der Waals surface area contributed by atoms with E-state index in [0.29, 0.717) is 11.7 Å². The highest BCUT2D eigenvalue weighted by molar-refractivity contribution is 7.99. The number of amides is 1. The van der Waals surface area contributed by atoms with Crippen molar-refractivity contribution in [3.8, 4) is 0 Å². The summed E-state index contributed by atoms with van der Waals surface area (Å²) in [6, 6.07) is 0. The van der Waals surface area contributed by atoms with Crippen LogP contribution in [0.5, 0.6) is 0 Å². The van der Waals surface area contributed by atoms with Crippen LogP contribution in [0.1, 0.15) is 46.0 Å². The molecule has 0 atom stereocenters. The Balaban J connectivity index is 2.23. The van der Waals surface area contributed by atoms with Gasteiger partial charge in [0.1, 0.15) is 0 Å². The van der Waals surface area contributed by atoms with E-state index < -0.39 is 11.5 Å². The van der Waals surface area contributed by atoms with Gasteiger partial charge in [0.05, 0.1) is 17.7 Å². The summed E-state index contributed by atoms with van der Waals surface area (Å²) in [5, 5.41) is 11.8. The van der Waals surface area contributed by atoms with Crippen LogP contribution in [0.3, 0.4) is 0 Å². The van der Waals surface area contributed by atoms with E-state index in [9.17, 15) is 9.59 Å². The van der Waals surface area contributed by atoms with Gasteiger partial charge >= 0.3 is 5.97 Å². The first kappa shape index (κ1) is 15.3. The number of carboxylic acids is 1. The van der Waals surface area contributed by atoms with E-state index in [-0.39, 0.29) is 12.3 Å². The molecule has 18 heavy (non-hydrogen) atoms. The zero-order valence-corrected chi connectivity index (χ0v) is 12.0. The number of rotatable bonds is 8. The van der Waals surface area contributed by atoms with E-state index in [1.165, 1.54) is 0 Å². The fraction of sp³-hybridized carbons (Fsp3) is 0.846. The number of hydrogen-bond donors (Lipinski definition) is 2. The molecule has 0 aromatic rings. The number of carbonyl (C=O) groups is 2. The van der Waals surface area contributed by atoms with Crippen LogP contribution in [0.25, 0.3) is 0 Å². The maximum Gasteiger partial charge on any atom is 0.305 e. The van der Waals surface area contributed by atoms with Crippen molar-refractivity contribution in [3.05, 3.63) is 0 Å². The molecule has 1 saturated carbocycles. The lowest BCUT2D eigenvalue weighted by Crippen LogP contribution is -2.55. The van der Waals surface area contributed by atoms with Crippen LogP contribution in [0.2, 0.25) is 0 Å². The van der Waals surface area contributed by atoms with Crippen molar-refractivity contribution in [1.82, 2.24) is 5.32 Å². The van der Waals surface area contributed by atoms with Crippen molar-refractivity contribution < 1.29 is 14.7 Å². The van der Waals surface area contributed by atoms with Crippen molar-refractivity contribution in [2.24, 2.45) is 5.92 Å². The number of carboxylic acid groups (broad SMARTS) is 1. The third-order valence-electron chi connectivity index (χ3n) is 3.28. The molecule has 1 amide bonds. The molecule has 0 radical (unpaired) electrons. The van der Waals surface area contributed by atoms with E-state index in [1.54, 1.807) is 11.8 Å². The Bertz CT molecular complexity index is 301. The molecular weight excluding hydrogens is 250 g/mol. The van der Waals surface area contributed by atoms with Gasteiger partial charge in [0.2, 0.25) is 5.91 Å². The maximum atomic E-state index is 11.8. The molecule has 104 valence electrons. The van der Waals surface area contributed by atoms with Gasteiger partial charge in [0.15, 0.2) is 0 Å². The molecule has 0 bridgehead atoms. The summed E-state index contributed by atoms with van der Waals surface area (Å²) < 4.78 is 0. The van der Waals surface area contributed by atoms with Gasteiger partial charge in [-0.2, -0.15) is 11.8 Å². The number of carbonyl (C=O) groups excluding carboxylic acids is 1. The molecule has 0 aromatic heterocycles. The normalized spacial score (nSPS) is 17.3. The van der Waals surface area contributed by atoms with Gasteiger partial charge in [-0.15, -0.1) is 0 Å². The second-order valence-corrected chi connectivity index (χ2v) is 6.59. The van der Waals surface area contributed by atoms with E-state index in [2.05, 4.69) is 19.2 Å². The first-order chi connectivity index (χ1) is 8.43. The first-order valence-corrected chi connectivity index (χ1v) is 7.69. The molecule has 1 aliphatic rings. The summed E-state index contributed by atoms with van der Waals surface area (Å²) in [6.45, 7) is 4.33. The molecule has 5 heteroatoms. The van der Waals surface area contributed by atoms with E-state index in [1.807, 2.05) is 0 Å². The van der Waals surface area contributed by atoms with Gasteiger partial charge in [0.25, 0.3) is 0 Å². The zero-order valence-electron chi connectivity index (χ0n) is 11.2. The lowest BCUT2D eigenvalue weighted by Gasteiger charge is -2.41. The summed E-state index contributed by atoms with van der Waals surface area (Å²) >= 11 is 1.62. The Morgan fingerprint density at radius 1 is 1.39 bits per heavy atom. The van der Waals surface area contributed by atoms with E-state index >= 15 is 0 Å². The summed E-state index contributed by atoms with van der Waals surface area (Å²) in [5.74, 6) is 1.23. The molecule has 4 nitrogen and oxygen atoms in total. The molecule has 2 N–H and O–H groups in total. The van der Waals surface area contributed by atoms with Gasteiger partial charge in [-0.05, 0) is 37.4 Å². The fourth-order valence-electron chi connectivity index (χ4n) is 2.05. The topological polar surface area (TPSA) is 66.4 Å². The number of nitrogens with one attached hydrogen (secondary N) is 1. The second kappa shape index (κ2) is 7.02. The van der Waals surface area contributed by atoms with Crippen LogP contribution in [0.4, 0.5) is 0 Å². The summed E-state index contributed by atoms with van der Waals surface area (Å²) in [6.07, 6.45) is 3.76. The van der Waals surface area contributed by atoms with Crippen molar-refractivity contribution >= 4 is 23.6 Å². The Morgan fingerprint density at radius 3 is 2.50 bits per heavy atom. The van der Waals surface area contributed by atoms with Gasteiger partial charge in [-0.25, -0.2) is 0 Å². The molecule has 1 aliphatic carbocycles. The van der Waals surface area contributed by atoms with Crippen molar-refractivity contribution in [2.45, 2.75) is 51.5 Å². The standard InChI is InChI=1S/C13H23NO3S/c1-10(2)4-7-18-9-11(15)14-13(5-3-6-13)8-12(16)17/h10H,3-9H2,1-2H3,(H,14,15)(H,16,17). The largest absolute Gasteiger partial charge is 0.481 e. The van der Waals surface area contributed by atoms with Gasteiger partial charge in [0, 0.05) is 0 Å². The highest BCUT2D eigenvalue weighted by Crippen LogP contribution is 2.34. The molecule has 1 rings (SSSR count). The van der Waals surface area contributed by atoms with Gasteiger partial charge < -0.3 is 10.4 Å². The minimum atomic E-state index is -0.831. The van der Waals surface area contributed by atoms with Crippen molar-refractivity contribution in [2.75, 3.05) is 11.5 Å². The number of hydrogen-bond acceptors (Lipinski definition) is 3. The first-order valence-electron chi connectivity index (χ1n) is 6.54. The molecule has 1 fully saturated rings. The molecule has 0 saturated heterocycles. The molecule has 0 heterocycles. The molecular formula is C13H23NO3S. The minimum absolute atomic E-state index is 0.0234. The van der Waals surface area contributed by atoms with Crippen molar-refractivity contribution in [1.29, 1.82) is 0 Å². The third kappa shape index (κ3) is 5.29. The predicted molar refractivity (Wildman–Crippen MR) is 73.8 cm³/mol. The van der Waals surface area contributed by atoms with E-state index in [4.69, 9.17) is 5.11 Å². The fourth-order valence-corrected chi connectivity index (χ4v) is 3.09. The highest BCUT2D eigenvalue weighted by atomic mass is 32.2. The Kier molecular flexibility index (Phi) is 5.99. The SMILES string of the molecule is CC(C)CCSCC(=O)NC1(CC(=O)O)CCC1. The van der Waals surface area contributed by atoms with Crippen LogP contribution in [-0.2, 0) is 9.59 Å². The minimum Gasteiger partial charge on any atom is -0.481 e. The van der Waals surface area contributed by atoms with E-state index in [0.717, 1.165) is 31.4 Å². The monoisotopic (exact) mass is 273 g/mol. The van der Waals surface area contributed by atoms with Gasteiger partial charge in [-0.1, -0.05) is 13.8 Å². The summed E-state index contributed by atoms with van der Waals surface area (Å²) in [7, 11) is 0. The second-order valence-electron chi connectivity index (χ2n) is 5.49. The summed E-state index contributed by atoms with van der Waals surface area (Å²) in [5.41, 5.74) is -0.457. The average Bonchev–Trinajstić information content (AvgIpc) is 2.20. The molecule has 0 unspecified atom stereocenters. The quantitative estimate of drug-likeness (QED) is 0.666. The predicted octanol–water partition coefficient (Wildman–Crippen LogP) is 2.28. The molecule has 0 aliphatic heterocycles. The Hall–Kier alpha value is -0.710. The number of thioether (sulfide) groups is 1. The smallest absolute Gasteiger partial charge is 0.305 e. The van der Waals surface area contributed by atoms with Crippen LogP contribution in [0, 0.1) is 5.92 Å². The van der Waals surface area contributed by atoms with Crippen LogP contribution in [-0.4, -0.2) is 34.0 Å². The lowest BCUT2D eigenvalue weighted by molar-refractivity contribution is -0.140. The molecule has 0 spiro atoms. The van der Waals surface area contributed by atoms with Crippen LogP contribution in [0.15, 0.2) is 0 Å². The Morgan fingerprint density at radius 2 is 2.06 bits per heavy atom.